The lowest BCUT2D eigenvalue weighted by atomic mass is 10.1. The van der Waals surface area contributed by atoms with Gasteiger partial charge in [-0.3, -0.25) is 23.7 Å². The van der Waals surface area contributed by atoms with Crippen molar-refractivity contribution in [3.8, 4) is 0 Å². The molecule has 0 spiro atoms. The summed E-state index contributed by atoms with van der Waals surface area (Å²) in [7, 11) is -10.6. The minimum Gasteiger partial charge on any atom is -0.461 e. The van der Waals surface area contributed by atoms with Gasteiger partial charge in [0.05, 0.1) is 23.6 Å². The number of hydrogen-bond donors (Lipinski definition) is 0. The molecule has 15 heteroatoms. The molecule has 0 heterocycles. The van der Waals surface area contributed by atoms with Crippen LogP contribution in [0.1, 0.15) is 30.1 Å². The maximum Gasteiger partial charge on any atom is 0.523 e. The Balaban J connectivity index is 2.37. The van der Waals surface area contributed by atoms with Crippen LogP contribution in [-0.2, 0) is 39.5 Å². The first kappa shape index (κ1) is 28.4. The van der Waals surface area contributed by atoms with Gasteiger partial charge in [0.25, 0.3) is 5.69 Å². The van der Waals surface area contributed by atoms with Gasteiger partial charge in [-0.1, -0.05) is 42.5 Å². The molecule has 0 aliphatic carbocycles. The second kappa shape index (κ2) is 11.8. The molecule has 10 nitrogen and oxygen atoms in total. The minimum atomic E-state index is -6.12. The van der Waals surface area contributed by atoms with Crippen LogP contribution >= 0.6 is 7.37 Å². The lowest BCUT2D eigenvalue weighted by molar-refractivity contribution is -0.384. The molecular formula is C20H21F3NO9PS. The number of esters is 1. The van der Waals surface area contributed by atoms with Crippen molar-refractivity contribution in [2.75, 3.05) is 13.0 Å². The molecule has 0 aromatic heterocycles. The van der Waals surface area contributed by atoms with E-state index in [0.717, 1.165) is 24.3 Å². The molecule has 0 aliphatic rings. The highest BCUT2D eigenvalue weighted by Crippen LogP contribution is 2.62. The van der Waals surface area contributed by atoms with Gasteiger partial charge < -0.3 is 9.26 Å². The van der Waals surface area contributed by atoms with Crippen molar-refractivity contribution in [1.29, 1.82) is 0 Å². The largest absolute Gasteiger partial charge is 0.523 e. The van der Waals surface area contributed by atoms with E-state index in [2.05, 4.69) is 4.18 Å². The fourth-order valence-corrected chi connectivity index (χ4v) is 6.10. The third kappa shape index (κ3) is 7.85. The van der Waals surface area contributed by atoms with Gasteiger partial charge in [-0.2, -0.15) is 21.6 Å². The second-order valence-corrected chi connectivity index (χ2v) is 11.2. The highest BCUT2D eigenvalue weighted by Gasteiger charge is 2.49. The number of nitro groups is 1. The quantitative estimate of drug-likeness (QED) is 0.0919. The van der Waals surface area contributed by atoms with Crippen molar-refractivity contribution in [1.82, 2.24) is 0 Å². The molecule has 2 rings (SSSR count). The number of nitro benzene ring substituents is 1. The van der Waals surface area contributed by atoms with E-state index in [-0.39, 0.29) is 24.5 Å². The lowest BCUT2D eigenvalue weighted by Gasteiger charge is -2.27. The number of carbonyl (C=O) groups is 1. The molecule has 0 saturated carbocycles. The van der Waals surface area contributed by atoms with Crippen LogP contribution in [0.15, 0.2) is 54.6 Å². The van der Waals surface area contributed by atoms with Gasteiger partial charge in [-0.05, 0) is 18.1 Å². The summed E-state index contributed by atoms with van der Waals surface area (Å²) in [5.74, 6) is -0.921. The van der Waals surface area contributed by atoms with Crippen LogP contribution < -0.4 is 0 Å². The van der Waals surface area contributed by atoms with Crippen molar-refractivity contribution in [2.24, 2.45) is 0 Å². The van der Waals surface area contributed by atoms with E-state index in [9.17, 15) is 41.1 Å². The average molecular weight is 539 g/mol. The molecule has 2 aromatic carbocycles. The molecule has 0 fully saturated rings. The molecule has 0 saturated heterocycles. The Morgan fingerprint density at radius 2 is 1.71 bits per heavy atom. The monoisotopic (exact) mass is 539 g/mol. The maximum absolute atomic E-state index is 13.6. The maximum atomic E-state index is 13.6. The molecule has 0 aliphatic heterocycles. The van der Waals surface area contributed by atoms with E-state index in [1.807, 2.05) is 0 Å². The molecule has 2 unspecified atom stereocenters. The highest BCUT2D eigenvalue weighted by atomic mass is 32.2. The summed E-state index contributed by atoms with van der Waals surface area (Å²) in [6.45, 7) is 0.866. The zero-order valence-electron chi connectivity index (χ0n) is 18.2. The summed E-state index contributed by atoms with van der Waals surface area (Å²) < 4.78 is 88.8. The van der Waals surface area contributed by atoms with Gasteiger partial charge in [0.1, 0.15) is 13.0 Å². The van der Waals surface area contributed by atoms with Crippen LogP contribution in [0.5, 0.6) is 0 Å². The first-order valence-corrected chi connectivity index (χ1v) is 13.2. The third-order valence-corrected chi connectivity index (χ3v) is 8.37. The van der Waals surface area contributed by atoms with Gasteiger partial charge in [0.15, 0.2) is 0 Å². The standard InChI is InChI=1S/C20H21F3NO9PS/c1-2-32-34(28,14-33-35(29,30)20(21,22)23)18(16-8-10-17(11-9-16)24(26)27)12-19(25)31-13-15-6-4-3-5-7-15/h3-11,18H,2,12-14H2,1H3. The van der Waals surface area contributed by atoms with Crippen molar-refractivity contribution in [3.05, 3.63) is 75.8 Å². The Labute approximate surface area is 198 Å². The predicted molar refractivity (Wildman–Crippen MR) is 117 cm³/mol. The second-order valence-electron chi connectivity index (χ2n) is 7.01. The van der Waals surface area contributed by atoms with Gasteiger partial charge in [-0.25, -0.2) is 0 Å². The van der Waals surface area contributed by atoms with Crippen molar-refractivity contribution >= 4 is 29.1 Å². The highest BCUT2D eigenvalue weighted by molar-refractivity contribution is 7.87. The fourth-order valence-electron chi connectivity index (χ4n) is 2.90. The summed E-state index contributed by atoms with van der Waals surface area (Å²) in [5.41, 5.74) is -7.00. The number of alkyl halides is 3. The SMILES string of the molecule is CCOP(=O)(COS(=O)(=O)C(F)(F)F)C(CC(=O)OCc1ccccc1)c1ccc([N+](=O)[O-])cc1. The third-order valence-electron chi connectivity index (χ3n) is 4.59. The molecular weight excluding hydrogens is 518 g/mol. The van der Waals surface area contributed by atoms with E-state index in [1.54, 1.807) is 30.3 Å². The van der Waals surface area contributed by atoms with Crippen LogP contribution in [0.25, 0.3) is 0 Å². The number of non-ortho nitro benzene ring substituents is 1. The summed E-state index contributed by atoms with van der Waals surface area (Å²) in [6, 6.07) is 12.8. The molecule has 192 valence electrons. The Bertz CT molecular complexity index is 1170. The zero-order valence-corrected chi connectivity index (χ0v) is 19.9. The Morgan fingerprint density at radius 3 is 2.23 bits per heavy atom. The molecule has 2 atom stereocenters. The molecule has 0 N–H and O–H groups in total. The average Bonchev–Trinajstić information content (AvgIpc) is 2.80. The summed E-state index contributed by atoms with van der Waals surface area (Å²) in [5, 5.41) is 10.9. The molecule has 0 amide bonds. The number of benzene rings is 2. The van der Waals surface area contributed by atoms with Crippen molar-refractivity contribution in [3.63, 3.8) is 0 Å². The zero-order chi connectivity index (χ0) is 26.3. The first-order chi connectivity index (χ1) is 16.3. The molecule has 35 heavy (non-hydrogen) atoms. The molecule has 2 aromatic rings. The van der Waals surface area contributed by atoms with E-state index < -0.39 is 52.3 Å². The number of ether oxygens (including phenoxy) is 1. The van der Waals surface area contributed by atoms with Gasteiger partial charge in [-0.15, -0.1) is 0 Å². The smallest absolute Gasteiger partial charge is 0.461 e. The van der Waals surface area contributed by atoms with Crippen LogP contribution in [0, 0.1) is 10.1 Å². The summed E-state index contributed by atoms with van der Waals surface area (Å²) in [4.78, 5) is 22.8. The van der Waals surface area contributed by atoms with E-state index >= 15 is 0 Å². The molecule has 0 bridgehead atoms. The first-order valence-electron chi connectivity index (χ1n) is 9.92. The number of halogens is 3. The number of hydrogen-bond acceptors (Lipinski definition) is 9. The lowest BCUT2D eigenvalue weighted by Crippen LogP contribution is -2.26. The van der Waals surface area contributed by atoms with Crippen LogP contribution in [0.3, 0.4) is 0 Å². The van der Waals surface area contributed by atoms with Crippen LogP contribution in [0.4, 0.5) is 18.9 Å². The van der Waals surface area contributed by atoms with Crippen LogP contribution in [-0.4, -0.2) is 37.8 Å². The van der Waals surface area contributed by atoms with E-state index in [1.165, 1.54) is 6.92 Å². The summed E-state index contributed by atoms with van der Waals surface area (Å²) >= 11 is 0. The summed E-state index contributed by atoms with van der Waals surface area (Å²) in [6.07, 6.45) is -2.21. The number of nitrogens with zero attached hydrogens (tertiary/aromatic N) is 1. The van der Waals surface area contributed by atoms with E-state index in [0.29, 0.717) is 5.56 Å². The number of carbonyl (C=O) groups excluding carboxylic acids is 1. The minimum absolute atomic E-state index is 0.0112. The van der Waals surface area contributed by atoms with E-state index in [4.69, 9.17) is 9.26 Å². The van der Waals surface area contributed by atoms with Gasteiger partial charge in [0.2, 0.25) is 7.37 Å². The van der Waals surface area contributed by atoms with Crippen molar-refractivity contribution < 1.29 is 49.3 Å². The Kier molecular flexibility index (Phi) is 9.55. The van der Waals surface area contributed by atoms with Crippen LogP contribution in [0.2, 0.25) is 0 Å². The molecule has 0 radical (unpaired) electrons. The topological polar surface area (TPSA) is 139 Å². The predicted octanol–water partition coefficient (Wildman–Crippen LogP) is 4.91. The van der Waals surface area contributed by atoms with Crippen molar-refractivity contribution in [2.45, 2.75) is 31.1 Å². The fraction of sp³-hybridized carbons (Fsp3) is 0.350. The van der Waals surface area contributed by atoms with Gasteiger partial charge in [0, 0.05) is 12.1 Å². The Hall–Kier alpha value is -2.80. The van der Waals surface area contributed by atoms with Gasteiger partial charge >= 0.3 is 21.6 Å². The number of rotatable bonds is 12. The Morgan fingerprint density at radius 1 is 1.11 bits per heavy atom. The normalized spacial score (nSPS) is 14.6.